The van der Waals surface area contributed by atoms with E-state index in [1.54, 1.807) is 25.1 Å². The first kappa shape index (κ1) is 25.5. The van der Waals surface area contributed by atoms with Crippen LogP contribution in [0, 0.1) is 6.92 Å². The molecule has 3 rings (SSSR count). The third-order valence-electron chi connectivity index (χ3n) is 6.08. The maximum Gasteiger partial charge on any atom is 0.244 e. The molecule has 0 bridgehead atoms. The molecular weight excluding hydrogens is 458 g/mol. The van der Waals surface area contributed by atoms with Gasteiger partial charge in [0.15, 0.2) is 0 Å². The van der Waals surface area contributed by atoms with Crippen LogP contribution < -0.4 is 9.62 Å². The number of aryl methyl sites for hydroxylation is 1. The van der Waals surface area contributed by atoms with Crippen molar-refractivity contribution in [3.63, 3.8) is 0 Å². The van der Waals surface area contributed by atoms with E-state index in [0.29, 0.717) is 23.7 Å². The molecule has 0 unspecified atom stereocenters. The molecule has 1 N–H and O–H groups in total. The number of sulfonamides is 1. The number of amides is 1. The normalized spacial score (nSPS) is 15.8. The van der Waals surface area contributed by atoms with Gasteiger partial charge < -0.3 is 5.32 Å². The molecule has 0 radical (unpaired) electrons. The molecule has 2 aromatic rings. The van der Waals surface area contributed by atoms with E-state index in [0.717, 1.165) is 41.3 Å². The number of rotatable bonds is 9. The van der Waals surface area contributed by atoms with Crippen molar-refractivity contribution in [2.45, 2.75) is 58.7 Å². The second-order valence-electron chi connectivity index (χ2n) is 8.79. The van der Waals surface area contributed by atoms with Gasteiger partial charge in [-0.25, -0.2) is 8.42 Å². The Bertz CT molecular complexity index is 1050. The first-order chi connectivity index (χ1) is 15.7. The van der Waals surface area contributed by atoms with Gasteiger partial charge in [0.05, 0.1) is 11.9 Å². The molecule has 1 saturated heterocycles. The molecule has 1 atom stereocenters. The zero-order valence-electron chi connectivity index (χ0n) is 19.7. The number of carbonyl (C=O) groups excluding carboxylic acids is 1. The number of anilines is 1. The predicted octanol–water partition coefficient (Wildman–Crippen LogP) is 4.50. The fourth-order valence-corrected chi connectivity index (χ4v) is 5.60. The predicted molar refractivity (Wildman–Crippen MR) is 135 cm³/mol. The van der Waals surface area contributed by atoms with Gasteiger partial charge in [-0.15, -0.1) is 0 Å². The highest BCUT2D eigenvalue weighted by molar-refractivity contribution is 7.92. The van der Waals surface area contributed by atoms with Crippen LogP contribution >= 0.6 is 11.6 Å². The second-order valence-corrected chi connectivity index (χ2v) is 11.1. The average molecular weight is 492 g/mol. The summed E-state index contributed by atoms with van der Waals surface area (Å²) >= 11 is 6.23. The molecule has 1 heterocycles. The number of likely N-dealkylation sites (tertiary alicyclic amines) is 1. The maximum absolute atomic E-state index is 13.0. The van der Waals surface area contributed by atoms with Gasteiger partial charge in [-0.05, 0) is 68.1 Å². The fourth-order valence-electron chi connectivity index (χ4n) is 4.22. The van der Waals surface area contributed by atoms with E-state index in [-0.39, 0.29) is 5.91 Å². The average Bonchev–Trinajstić information content (AvgIpc) is 2.78. The van der Waals surface area contributed by atoms with E-state index in [4.69, 9.17) is 11.6 Å². The Kier molecular flexibility index (Phi) is 8.79. The minimum Gasteiger partial charge on any atom is -0.350 e. The molecule has 1 fully saturated rings. The third kappa shape index (κ3) is 6.95. The van der Waals surface area contributed by atoms with Crippen molar-refractivity contribution < 1.29 is 13.2 Å². The Labute approximate surface area is 203 Å². The molecule has 180 valence electrons. The maximum atomic E-state index is 13.0. The zero-order chi connectivity index (χ0) is 24.0. The van der Waals surface area contributed by atoms with Crippen LogP contribution in [0.25, 0.3) is 0 Å². The molecule has 0 spiro atoms. The van der Waals surface area contributed by atoms with E-state index in [2.05, 4.69) is 22.3 Å². The lowest BCUT2D eigenvalue weighted by Gasteiger charge is -2.30. The Morgan fingerprint density at radius 3 is 2.30 bits per heavy atom. The lowest BCUT2D eigenvalue weighted by atomic mass is 10.1. The van der Waals surface area contributed by atoms with E-state index >= 15 is 0 Å². The molecule has 6 nitrogen and oxygen atoms in total. The van der Waals surface area contributed by atoms with Crippen molar-refractivity contribution in [1.29, 1.82) is 0 Å². The summed E-state index contributed by atoms with van der Waals surface area (Å²) in [7, 11) is -3.70. The first-order valence-electron chi connectivity index (χ1n) is 11.5. The molecule has 1 aliphatic rings. The number of carbonyl (C=O) groups is 1. The van der Waals surface area contributed by atoms with Gasteiger partial charge in [-0.3, -0.25) is 14.0 Å². The molecule has 1 aliphatic heterocycles. The number of piperidine rings is 1. The minimum atomic E-state index is -3.70. The van der Waals surface area contributed by atoms with Crippen molar-refractivity contribution in [2.24, 2.45) is 0 Å². The lowest BCUT2D eigenvalue weighted by molar-refractivity contribution is -0.122. The highest BCUT2D eigenvalue weighted by Crippen LogP contribution is 2.27. The lowest BCUT2D eigenvalue weighted by Crippen LogP contribution is -2.49. The van der Waals surface area contributed by atoms with Crippen molar-refractivity contribution in [2.75, 3.05) is 23.7 Å². The third-order valence-corrected chi connectivity index (χ3v) is 7.67. The summed E-state index contributed by atoms with van der Waals surface area (Å²) in [5, 5.41) is 3.37. The number of halogens is 1. The van der Waals surface area contributed by atoms with Crippen molar-refractivity contribution >= 4 is 33.2 Å². The summed E-state index contributed by atoms with van der Waals surface area (Å²) in [4.78, 5) is 15.5. The number of nitrogens with one attached hydrogen (secondary N) is 1. The Hall–Kier alpha value is -2.09. The molecule has 0 aliphatic carbocycles. The van der Waals surface area contributed by atoms with Gasteiger partial charge in [0.1, 0.15) is 6.04 Å². The van der Waals surface area contributed by atoms with Gasteiger partial charge >= 0.3 is 0 Å². The van der Waals surface area contributed by atoms with Crippen LogP contribution in [0.2, 0.25) is 5.02 Å². The van der Waals surface area contributed by atoms with Crippen LogP contribution in [-0.2, 0) is 27.9 Å². The standard InChI is InChI=1S/C25H34ClN3O3S/c1-4-24(29(33(3,31)32)22-13-8-19(2)23(26)16-22)25(30)27-17-20-9-11-21(12-10-20)18-28-14-6-5-7-15-28/h8-13,16,24H,4-7,14-15,17-18H2,1-3H3,(H,27,30)/t24-/m1/s1. The number of hydrogen-bond donors (Lipinski definition) is 1. The minimum absolute atomic E-state index is 0.333. The molecule has 2 aromatic carbocycles. The van der Waals surface area contributed by atoms with Crippen LogP contribution in [-0.4, -0.2) is 44.6 Å². The van der Waals surface area contributed by atoms with Crippen LogP contribution in [0.3, 0.4) is 0 Å². The smallest absolute Gasteiger partial charge is 0.244 e. The largest absolute Gasteiger partial charge is 0.350 e. The van der Waals surface area contributed by atoms with Crippen molar-refractivity contribution in [3.8, 4) is 0 Å². The Morgan fingerprint density at radius 1 is 1.09 bits per heavy atom. The van der Waals surface area contributed by atoms with Crippen LogP contribution in [0.1, 0.15) is 49.3 Å². The molecule has 1 amide bonds. The van der Waals surface area contributed by atoms with E-state index in [1.165, 1.54) is 24.8 Å². The van der Waals surface area contributed by atoms with Gasteiger partial charge in [-0.1, -0.05) is 55.3 Å². The molecular formula is C25H34ClN3O3S. The summed E-state index contributed by atoms with van der Waals surface area (Å²) in [6, 6.07) is 12.4. The Balaban J connectivity index is 1.67. The number of nitrogens with zero attached hydrogens (tertiary/aromatic N) is 2. The van der Waals surface area contributed by atoms with E-state index < -0.39 is 16.1 Å². The topological polar surface area (TPSA) is 69.7 Å². The molecule has 0 saturated carbocycles. The quantitative estimate of drug-likeness (QED) is 0.561. The Morgan fingerprint density at radius 2 is 1.73 bits per heavy atom. The highest BCUT2D eigenvalue weighted by Gasteiger charge is 2.31. The van der Waals surface area contributed by atoms with Crippen molar-refractivity contribution in [1.82, 2.24) is 10.2 Å². The van der Waals surface area contributed by atoms with Gasteiger partial charge in [0.2, 0.25) is 15.9 Å². The molecule has 8 heteroatoms. The van der Waals surface area contributed by atoms with Crippen LogP contribution in [0.5, 0.6) is 0 Å². The monoisotopic (exact) mass is 491 g/mol. The SMILES string of the molecule is CC[C@H](C(=O)NCc1ccc(CN2CCCCC2)cc1)N(c1ccc(C)c(Cl)c1)S(C)(=O)=O. The van der Waals surface area contributed by atoms with Crippen LogP contribution in [0.15, 0.2) is 42.5 Å². The summed E-state index contributed by atoms with van der Waals surface area (Å²) in [5.41, 5.74) is 3.47. The van der Waals surface area contributed by atoms with E-state index in [9.17, 15) is 13.2 Å². The number of hydrogen-bond acceptors (Lipinski definition) is 4. The highest BCUT2D eigenvalue weighted by atomic mass is 35.5. The summed E-state index contributed by atoms with van der Waals surface area (Å²) in [6.07, 6.45) is 5.29. The summed E-state index contributed by atoms with van der Waals surface area (Å²) in [6.45, 7) is 7.24. The van der Waals surface area contributed by atoms with Gasteiger partial charge in [0.25, 0.3) is 0 Å². The summed E-state index contributed by atoms with van der Waals surface area (Å²) in [5.74, 6) is -0.336. The zero-order valence-corrected chi connectivity index (χ0v) is 21.3. The first-order valence-corrected chi connectivity index (χ1v) is 13.7. The number of benzene rings is 2. The van der Waals surface area contributed by atoms with Crippen molar-refractivity contribution in [3.05, 3.63) is 64.2 Å². The second kappa shape index (κ2) is 11.4. The fraction of sp³-hybridized carbons (Fsp3) is 0.480. The van der Waals surface area contributed by atoms with Gasteiger partial charge in [-0.2, -0.15) is 0 Å². The van der Waals surface area contributed by atoms with E-state index in [1.807, 2.05) is 19.1 Å². The van der Waals surface area contributed by atoms with Crippen LogP contribution in [0.4, 0.5) is 5.69 Å². The van der Waals surface area contributed by atoms with Gasteiger partial charge in [0, 0.05) is 18.1 Å². The molecule has 0 aromatic heterocycles. The molecule has 33 heavy (non-hydrogen) atoms. The summed E-state index contributed by atoms with van der Waals surface area (Å²) < 4.78 is 26.4.